The molecule has 0 spiro atoms. The summed E-state index contributed by atoms with van der Waals surface area (Å²) in [5.41, 5.74) is 2.15. The summed E-state index contributed by atoms with van der Waals surface area (Å²) >= 11 is 0. The highest BCUT2D eigenvalue weighted by Gasteiger charge is 2.11. The van der Waals surface area contributed by atoms with Gasteiger partial charge in [-0.3, -0.25) is 4.79 Å². The quantitative estimate of drug-likeness (QED) is 0.278. The molecular formula is C19H28O. The van der Waals surface area contributed by atoms with E-state index >= 15 is 0 Å². The lowest BCUT2D eigenvalue weighted by molar-refractivity contribution is 0.112. The zero-order valence-electron chi connectivity index (χ0n) is 12.8. The van der Waals surface area contributed by atoms with E-state index in [9.17, 15) is 4.79 Å². The Morgan fingerprint density at radius 3 is 2.35 bits per heavy atom. The molecule has 110 valence electrons. The van der Waals surface area contributed by atoms with E-state index in [1.807, 2.05) is 18.2 Å². The van der Waals surface area contributed by atoms with Crippen molar-refractivity contribution in [2.75, 3.05) is 0 Å². The first-order valence-electron chi connectivity index (χ1n) is 7.97. The van der Waals surface area contributed by atoms with Crippen molar-refractivity contribution in [1.82, 2.24) is 0 Å². The minimum Gasteiger partial charge on any atom is -0.298 e. The Kier molecular flexibility index (Phi) is 8.69. The van der Waals surface area contributed by atoms with Crippen LogP contribution in [0.25, 0.3) is 0 Å². The largest absolute Gasteiger partial charge is 0.298 e. The van der Waals surface area contributed by atoms with Crippen LogP contribution in [0, 0.1) is 0 Å². The highest BCUT2D eigenvalue weighted by molar-refractivity contribution is 5.74. The number of benzene rings is 1. The molecule has 0 N–H and O–H groups in total. The second-order valence-electron chi connectivity index (χ2n) is 5.55. The number of unbranched alkanes of at least 4 members (excludes halogenated alkanes) is 4. The number of carbonyl (C=O) groups is 1. The Labute approximate surface area is 124 Å². The summed E-state index contributed by atoms with van der Waals surface area (Å²) in [5, 5.41) is 0. The van der Waals surface area contributed by atoms with E-state index in [1.54, 1.807) is 0 Å². The maximum Gasteiger partial charge on any atom is 0.150 e. The van der Waals surface area contributed by atoms with E-state index in [0.29, 0.717) is 5.92 Å². The van der Waals surface area contributed by atoms with Gasteiger partial charge in [-0.25, -0.2) is 0 Å². The third-order valence-electron chi connectivity index (χ3n) is 3.91. The van der Waals surface area contributed by atoms with Crippen LogP contribution >= 0.6 is 0 Å². The SMILES string of the molecule is C=CCCCC(CCCCCC)c1ccc(C=O)cc1. The Morgan fingerprint density at radius 2 is 1.75 bits per heavy atom. The van der Waals surface area contributed by atoms with Crippen molar-refractivity contribution in [1.29, 1.82) is 0 Å². The smallest absolute Gasteiger partial charge is 0.150 e. The molecule has 1 heteroatoms. The molecule has 1 atom stereocenters. The minimum absolute atomic E-state index is 0.632. The van der Waals surface area contributed by atoms with E-state index in [-0.39, 0.29) is 0 Å². The zero-order valence-corrected chi connectivity index (χ0v) is 12.8. The first-order chi connectivity index (χ1) is 9.81. The Hall–Kier alpha value is -1.37. The molecule has 0 aliphatic rings. The first kappa shape index (κ1) is 16.7. The van der Waals surface area contributed by atoms with Gasteiger partial charge in [-0.1, -0.05) is 62.9 Å². The van der Waals surface area contributed by atoms with E-state index in [0.717, 1.165) is 18.3 Å². The molecule has 0 saturated carbocycles. The van der Waals surface area contributed by atoms with Crippen molar-refractivity contribution < 1.29 is 4.79 Å². The van der Waals surface area contributed by atoms with Crippen LogP contribution in [0.1, 0.15) is 80.1 Å². The lowest BCUT2D eigenvalue weighted by Crippen LogP contribution is -2.00. The third kappa shape index (κ3) is 6.18. The molecule has 1 rings (SSSR count). The highest BCUT2D eigenvalue weighted by atomic mass is 16.1. The van der Waals surface area contributed by atoms with E-state index < -0.39 is 0 Å². The average molecular weight is 272 g/mol. The number of aldehydes is 1. The Bertz CT molecular complexity index is 377. The topological polar surface area (TPSA) is 17.1 Å². The molecule has 1 unspecified atom stereocenters. The molecule has 0 fully saturated rings. The summed E-state index contributed by atoms with van der Waals surface area (Å²) in [5.74, 6) is 0.632. The van der Waals surface area contributed by atoms with E-state index in [4.69, 9.17) is 0 Å². The fraction of sp³-hybridized carbons (Fsp3) is 0.526. The van der Waals surface area contributed by atoms with Gasteiger partial charge in [-0.05, 0) is 37.2 Å². The summed E-state index contributed by atoms with van der Waals surface area (Å²) in [6.45, 7) is 6.05. The maximum absolute atomic E-state index is 10.7. The van der Waals surface area contributed by atoms with Crippen molar-refractivity contribution in [3.05, 3.63) is 48.0 Å². The number of carbonyl (C=O) groups excluding carboxylic acids is 1. The van der Waals surface area contributed by atoms with Gasteiger partial charge in [0.1, 0.15) is 6.29 Å². The van der Waals surface area contributed by atoms with Crippen LogP contribution < -0.4 is 0 Å². The van der Waals surface area contributed by atoms with Gasteiger partial charge in [0.05, 0.1) is 0 Å². The zero-order chi connectivity index (χ0) is 14.6. The van der Waals surface area contributed by atoms with Crippen LogP contribution in [-0.4, -0.2) is 6.29 Å². The molecule has 0 heterocycles. The van der Waals surface area contributed by atoms with Crippen molar-refractivity contribution in [2.24, 2.45) is 0 Å². The summed E-state index contributed by atoms with van der Waals surface area (Å²) in [4.78, 5) is 10.7. The van der Waals surface area contributed by atoms with Gasteiger partial charge in [-0.15, -0.1) is 6.58 Å². The van der Waals surface area contributed by atoms with Crippen LogP contribution in [0.3, 0.4) is 0 Å². The van der Waals surface area contributed by atoms with Crippen LogP contribution in [0.4, 0.5) is 0 Å². The molecule has 20 heavy (non-hydrogen) atoms. The Morgan fingerprint density at radius 1 is 1.05 bits per heavy atom. The van der Waals surface area contributed by atoms with Crippen molar-refractivity contribution >= 4 is 6.29 Å². The predicted octanol–water partition coefficient (Wildman–Crippen LogP) is 5.91. The first-order valence-corrected chi connectivity index (χ1v) is 7.97. The van der Waals surface area contributed by atoms with Crippen LogP contribution in [-0.2, 0) is 0 Å². The second kappa shape index (κ2) is 10.4. The van der Waals surface area contributed by atoms with Crippen LogP contribution in [0.15, 0.2) is 36.9 Å². The molecule has 1 nitrogen and oxygen atoms in total. The second-order valence-corrected chi connectivity index (χ2v) is 5.55. The van der Waals surface area contributed by atoms with Gasteiger partial charge in [0.15, 0.2) is 0 Å². The van der Waals surface area contributed by atoms with Gasteiger partial charge in [-0.2, -0.15) is 0 Å². The van der Waals surface area contributed by atoms with Gasteiger partial charge in [0.2, 0.25) is 0 Å². The standard InChI is InChI=1S/C19H28O/c1-3-5-7-9-11-18(10-8-6-4-2)19-14-12-17(16-20)13-15-19/h4,12-16,18H,2-3,5-11H2,1H3. The number of rotatable bonds is 11. The molecule has 0 amide bonds. The van der Waals surface area contributed by atoms with Crippen molar-refractivity contribution in [3.8, 4) is 0 Å². The molecule has 1 aromatic rings. The van der Waals surface area contributed by atoms with Crippen molar-refractivity contribution in [3.63, 3.8) is 0 Å². The monoisotopic (exact) mass is 272 g/mol. The molecule has 0 aliphatic heterocycles. The highest BCUT2D eigenvalue weighted by Crippen LogP contribution is 2.28. The fourth-order valence-electron chi connectivity index (χ4n) is 2.65. The van der Waals surface area contributed by atoms with Crippen LogP contribution in [0.2, 0.25) is 0 Å². The summed E-state index contributed by atoms with van der Waals surface area (Å²) in [7, 11) is 0. The van der Waals surface area contributed by atoms with Crippen molar-refractivity contribution in [2.45, 2.75) is 64.2 Å². The molecular weight excluding hydrogens is 244 g/mol. The lowest BCUT2D eigenvalue weighted by atomic mass is 9.88. The summed E-state index contributed by atoms with van der Waals surface area (Å²) in [6.07, 6.45) is 13.0. The lowest BCUT2D eigenvalue weighted by Gasteiger charge is -2.17. The molecule has 0 saturated heterocycles. The van der Waals surface area contributed by atoms with Gasteiger partial charge >= 0.3 is 0 Å². The van der Waals surface area contributed by atoms with Gasteiger partial charge in [0.25, 0.3) is 0 Å². The number of allylic oxidation sites excluding steroid dienone is 1. The maximum atomic E-state index is 10.7. The van der Waals surface area contributed by atoms with Crippen LogP contribution in [0.5, 0.6) is 0 Å². The molecule has 0 radical (unpaired) electrons. The summed E-state index contributed by atoms with van der Waals surface area (Å²) < 4.78 is 0. The molecule has 1 aromatic carbocycles. The summed E-state index contributed by atoms with van der Waals surface area (Å²) in [6, 6.07) is 8.13. The minimum atomic E-state index is 0.632. The third-order valence-corrected chi connectivity index (χ3v) is 3.91. The van der Waals surface area contributed by atoms with Gasteiger partial charge < -0.3 is 0 Å². The predicted molar refractivity (Wildman–Crippen MR) is 87.4 cm³/mol. The normalized spacial score (nSPS) is 12.1. The number of hydrogen-bond donors (Lipinski definition) is 0. The Balaban J connectivity index is 2.58. The average Bonchev–Trinajstić information content (AvgIpc) is 2.50. The number of hydrogen-bond acceptors (Lipinski definition) is 1. The van der Waals surface area contributed by atoms with E-state index in [2.05, 4.69) is 25.6 Å². The fourth-order valence-corrected chi connectivity index (χ4v) is 2.65. The molecule has 0 aromatic heterocycles. The molecule has 0 bridgehead atoms. The van der Waals surface area contributed by atoms with E-state index in [1.165, 1.54) is 50.5 Å². The van der Waals surface area contributed by atoms with Gasteiger partial charge in [0, 0.05) is 5.56 Å². The molecule has 0 aliphatic carbocycles.